The Balaban J connectivity index is 2.33. The normalized spacial score (nSPS) is 10.2. The van der Waals surface area contributed by atoms with Gasteiger partial charge in [-0.05, 0) is 31.0 Å². The standard InChI is InChI=1S/C14H15N3/c1-3-12-4-6-14(7-5-12)17-10-13(8-9-15)11(2)16-17/h4-7,10H,3,8H2,1-2H3. The van der Waals surface area contributed by atoms with Gasteiger partial charge in [0.2, 0.25) is 0 Å². The van der Waals surface area contributed by atoms with Gasteiger partial charge in [-0.3, -0.25) is 0 Å². The summed E-state index contributed by atoms with van der Waals surface area (Å²) in [6.45, 7) is 4.07. The van der Waals surface area contributed by atoms with Crippen LogP contribution in [0, 0.1) is 18.3 Å². The Bertz CT molecular complexity index is 544. The van der Waals surface area contributed by atoms with Gasteiger partial charge >= 0.3 is 0 Å². The van der Waals surface area contributed by atoms with Crippen LogP contribution in [0.5, 0.6) is 0 Å². The number of benzene rings is 1. The van der Waals surface area contributed by atoms with E-state index in [2.05, 4.69) is 42.4 Å². The van der Waals surface area contributed by atoms with Crippen LogP contribution in [0.1, 0.15) is 23.7 Å². The highest BCUT2D eigenvalue weighted by molar-refractivity contribution is 5.35. The van der Waals surface area contributed by atoms with Crippen molar-refractivity contribution in [2.45, 2.75) is 26.7 Å². The Labute approximate surface area is 101 Å². The smallest absolute Gasteiger partial charge is 0.0671 e. The molecule has 86 valence electrons. The van der Waals surface area contributed by atoms with Crippen molar-refractivity contribution in [1.82, 2.24) is 9.78 Å². The number of hydrogen-bond donors (Lipinski definition) is 0. The molecular formula is C14H15N3. The van der Waals surface area contributed by atoms with Crippen LogP contribution in [0.3, 0.4) is 0 Å². The first-order chi connectivity index (χ1) is 8.24. The van der Waals surface area contributed by atoms with E-state index in [0.717, 1.165) is 23.4 Å². The third kappa shape index (κ3) is 2.36. The Morgan fingerprint density at radius 1 is 1.29 bits per heavy atom. The summed E-state index contributed by atoms with van der Waals surface area (Å²) in [6.07, 6.45) is 3.39. The molecule has 2 aromatic rings. The van der Waals surface area contributed by atoms with Gasteiger partial charge in [-0.1, -0.05) is 19.1 Å². The van der Waals surface area contributed by atoms with Crippen LogP contribution >= 0.6 is 0 Å². The minimum atomic E-state index is 0.416. The molecule has 17 heavy (non-hydrogen) atoms. The van der Waals surface area contributed by atoms with Crippen LogP contribution in [0.15, 0.2) is 30.5 Å². The summed E-state index contributed by atoms with van der Waals surface area (Å²) >= 11 is 0. The lowest BCUT2D eigenvalue weighted by Crippen LogP contribution is -1.94. The monoisotopic (exact) mass is 225 g/mol. The molecule has 2 rings (SSSR count). The third-order valence-corrected chi connectivity index (χ3v) is 2.88. The summed E-state index contributed by atoms with van der Waals surface area (Å²) in [4.78, 5) is 0. The van der Waals surface area contributed by atoms with Gasteiger partial charge in [-0.15, -0.1) is 0 Å². The van der Waals surface area contributed by atoms with Crippen LogP contribution in [0.25, 0.3) is 5.69 Å². The average Bonchev–Trinajstić information content (AvgIpc) is 2.72. The summed E-state index contributed by atoms with van der Waals surface area (Å²) in [5.74, 6) is 0. The zero-order valence-corrected chi connectivity index (χ0v) is 10.1. The zero-order valence-electron chi connectivity index (χ0n) is 10.1. The van der Waals surface area contributed by atoms with E-state index in [-0.39, 0.29) is 0 Å². The van der Waals surface area contributed by atoms with Gasteiger partial charge in [-0.25, -0.2) is 4.68 Å². The van der Waals surface area contributed by atoms with Gasteiger partial charge in [0.15, 0.2) is 0 Å². The van der Waals surface area contributed by atoms with Gasteiger partial charge in [-0.2, -0.15) is 10.4 Å². The zero-order chi connectivity index (χ0) is 12.3. The molecule has 0 spiro atoms. The van der Waals surface area contributed by atoms with Crippen LogP contribution in [-0.2, 0) is 12.8 Å². The summed E-state index contributed by atoms with van der Waals surface area (Å²) in [5, 5.41) is 13.1. The summed E-state index contributed by atoms with van der Waals surface area (Å²) in [7, 11) is 0. The lowest BCUT2D eigenvalue weighted by molar-refractivity contribution is 0.861. The molecule has 0 radical (unpaired) electrons. The SMILES string of the molecule is CCc1ccc(-n2cc(CC#N)c(C)n2)cc1. The molecule has 0 unspecified atom stereocenters. The Morgan fingerprint density at radius 2 is 2.00 bits per heavy atom. The number of rotatable bonds is 3. The van der Waals surface area contributed by atoms with Gasteiger partial charge in [0.1, 0.15) is 0 Å². The van der Waals surface area contributed by atoms with Crippen molar-refractivity contribution < 1.29 is 0 Å². The van der Waals surface area contributed by atoms with Crippen molar-refractivity contribution in [3.05, 3.63) is 47.3 Å². The second-order valence-electron chi connectivity index (χ2n) is 4.04. The van der Waals surface area contributed by atoms with Crippen molar-refractivity contribution in [3.63, 3.8) is 0 Å². The van der Waals surface area contributed by atoms with E-state index in [1.165, 1.54) is 5.56 Å². The van der Waals surface area contributed by atoms with Crippen LogP contribution in [-0.4, -0.2) is 9.78 Å². The number of nitriles is 1. The predicted molar refractivity (Wildman–Crippen MR) is 67.0 cm³/mol. The lowest BCUT2D eigenvalue weighted by atomic mass is 10.1. The first-order valence-electron chi connectivity index (χ1n) is 5.76. The molecule has 0 aliphatic carbocycles. The van der Waals surface area contributed by atoms with Crippen LogP contribution in [0.4, 0.5) is 0 Å². The first kappa shape index (κ1) is 11.4. The molecule has 3 nitrogen and oxygen atoms in total. The van der Waals surface area contributed by atoms with Crippen molar-refractivity contribution in [2.75, 3.05) is 0 Å². The van der Waals surface area contributed by atoms with E-state index in [9.17, 15) is 0 Å². The fourth-order valence-electron chi connectivity index (χ4n) is 1.77. The van der Waals surface area contributed by atoms with E-state index >= 15 is 0 Å². The highest BCUT2D eigenvalue weighted by Crippen LogP contribution is 2.13. The summed E-state index contributed by atoms with van der Waals surface area (Å²) in [5.41, 5.74) is 4.27. The molecule has 0 fully saturated rings. The fraction of sp³-hybridized carbons (Fsp3) is 0.286. The molecule has 1 aromatic heterocycles. The van der Waals surface area contributed by atoms with E-state index in [1.807, 2.05) is 17.8 Å². The first-order valence-corrected chi connectivity index (χ1v) is 5.76. The minimum absolute atomic E-state index is 0.416. The maximum Gasteiger partial charge on any atom is 0.0671 e. The van der Waals surface area contributed by atoms with Gasteiger partial charge in [0.05, 0.1) is 23.9 Å². The minimum Gasteiger partial charge on any atom is -0.240 e. The molecule has 0 amide bonds. The molecule has 0 saturated heterocycles. The number of aryl methyl sites for hydroxylation is 2. The van der Waals surface area contributed by atoms with Crippen molar-refractivity contribution in [3.8, 4) is 11.8 Å². The van der Waals surface area contributed by atoms with Gasteiger partial charge in [0, 0.05) is 11.8 Å². The third-order valence-electron chi connectivity index (χ3n) is 2.88. The fourth-order valence-corrected chi connectivity index (χ4v) is 1.77. The molecule has 3 heteroatoms. The van der Waals surface area contributed by atoms with Crippen LogP contribution < -0.4 is 0 Å². The lowest BCUT2D eigenvalue weighted by Gasteiger charge is -2.02. The molecule has 0 saturated carbocycles. The predicted octanol–water partition coefficient (Wildman–Crippen LogP) is 2.81. The Kier molecular flexibility index (Phi) is 3.24. The number of nitrogens with zero attached hydrogens (tertiary/aromatic N) is 3. The van der Waals surface area contributed by atoms with Crippen molar-refractivity contribution in [1.29, 1.82) is 5.26 Å². The largest absolute Gasteiger partial charge is 0.240 e. The highest BCUT2D eigenvalue weighted by atomic mass is 15.3. The van der Waals surface area contributed by atoms with Crippen LogP contribution in [0.2, 0.25) is 0 Å². The van der Waals surface area contributed by atoms with E-state index < -0.39 is 0 Å². The molecule has 0 N–H and O–H groups in total. The second kappa shape index (κ2) is 4.84. The summed E-state index contributed by atoms with van der Waals surface area (Å²) < 4.78 is 1.83. The van der Waals surface area contributed by atoms with Gasteiger partial charge < -0.3 is 0 Å². The van der Waals surface area contributed by atoms with E-state index in [1.54, 1.807) is 0 Å². The topological polar surface area (TPSA) is 41.6 Å². The quantitative estimate of drug-likeness (QED) is 0.806. The van der Waals surface area contributed by atoms with Gasteiger partial charge in [0.25, 0.3) is 0 Å². The number of hydrogen-bond acceptors (Lipinski definition) is 2. The molecule has 1 aromatic carbocycles. The van der Waals surface area contributed by atoms with Crippen molar-refractivity contribution in [2.24, 2.45) is 0 Å². The Hall–Kier alpha value is -2.08. The number of aromatic nitrogens is 2. The second-order valence-corrected chi connectivity index (χ2v) is 4.04. The maximum absolute atomic E-state index is 8.71. The molecule has 0 aliphatic rings. The molecule has 0 aliphatic heterocycles. The molecular weight excluding hydrogens is 210 g/mol. The average molecular weight is 225 g/mol. The van der Waals surface area contributed by atoms with Crippen molar-refractivity contribution >= 4 is 0 Å². The molecule has 0 atom stereocenters. The van der Waals surface area contributed by atoms with E-state index in [4.69, 9.17) is 5.26 Å². The Morgan fingerprint density at radius 3 is 2.59 bits per heavy atom. The molecule has 0 bridgehead atoms. The highest BCUT2D eigenvalue weighted by Gasteiger charge is 2.05. The summed E-state index contributed by atoms with van der Waals surface area (Å²) in [6, 6.07) is 10.5. The maximum atomic E-state index is 8.71. The molecule has 1 heterocycles. The van der Waals surface area contributed by atoms with E-state index in [0.29, 0.717) is 6.42 Å².